The molecule has 5 heteroatoms. The normalized spacial score (nSPS) is 16.8. The van der Waals surface area contributed by atoms with Crippen molar-refractivity contribution in [1.29, 1.82) is 0 Å². The van der Waals surface area contributed by atoms with Crippen molar-refractivity contribution >= 4 is 40.3 Å². The predicted molar refractivity (Wildman–Crippen MR) is 121 cm³/mol. The van der Waals surface area contributed by atoms with Crippen molar-refractivity contribution in [2.24, 2.45) is 4.99 Å². The summed E-state index contributed by atoms with van der Waals surface area (Å²) in [6, 6.07) is 22.9. The summed E-state index contributed by atoms with van der Waals surface area (Å²) >= 11 is 1.35. The van der Waals surface area contributed by atoms with Crippen molar-refractivity contribution in [3.63, 3.8) is 0 Å². The fourth-order valence-electron chi connectivity index (χ4n) is 3.19. The highest BCUT2D eigenvalue weighted by atomic mass is 32.2. The lowest BCUT2D eigenvalue weighted by molar-refractivity contribution is -0.113. The number of rotatable bonds is 3. The van der Waals surface area contributed by atoms with Crippen LogP contribution in [0.3, 0.4) is 0 Å². The van der Waals surface area contributed by atoms with E-state index in [2.05, 4.69) is 0 Å². The van der Waals surface area contributed by atoms with E-state index in [4.69, 9.17) is 4.99 Å². The molecule has 29 heavy (non-hydrogen) atoms. The maximum Gasteiger partial charge on any atom is 0.271 e. The maximum absolute atomic E-state index is 13.3. The van der Waals surface area contributed by atoms with Crippen LogP contribution in [0.4, 0.5) is 11.4 Å². The molecule has 3 aromatic rings. The van der Waals surface area contributed by atoms with E-state index in [0.29, 0.717) is 10.1 Å². The lowest BCUT2D eigenvalue weighted by Gasteiger charge is -2.15. The van der Waals surface area contributed by atoms with Gasteiger partial charge in [-0.1, -0.05) is 36.4 Å². The molecule has 0 radical (unpaired) electrons. The number of aromatic hydroxyl groups is 1. The minimum Gasteiger partial charge on any atom is -0.507 e. The van der Waals surface area contributed by atoms with Crippen molar-refractivity contribution in [1.82, 2.24) is 0 Å². The molecule has 1 fully saturated rings. The topological polar surface area (TPSA) is 52.9 Å². The molecule has 144 valence electrons. The first-order valence-electron chi connectivity index (χ1n) is 9.26. The molecule has 0 spiro atoms. The highest BCUT2D eigenvalue weighted by Gasteiger charge is 2.34. The van der Waals surface area contributed by atoms with E-state index < -0.39 is 0 Å². The minimum absolute atomic E-state index is 0.112. The summed E-state index contributed by atoms with van der Waals surface area (Å²) in [5, 5.41) is 10.6. The molecule has 4 nitrogen and oxygen atoms in total. The molecule has 0 unspecified atom stereocenters. The number of thioether (sulfide) groups is 1. The zero-order valence-electron chi connectivity index (χ0n) is 16.2. The summed E-state index contributed by atoms with van der Waals surface area (Å²) in [4.78, 5) is 20.2. The first kappa shape index (κ1) is 19.0. The Morgan fingerprint density at radius 1 is 0.931 bits per heavy atom. The Labute approximate surface area is 174 Å². The number of phenols is 1. The zero-order chi connectivity index (χ0) is 20.4. The number of benzene rings is 3. The molecular formula is C24H20N2O2S. The summed E-state index contributed by atoms with van der Waals surface area (Å²) in [6.45, 7) is 3.71. The van der Waals surface area contributed by atoms with Gasteiger partial charge in [-0.2, -0.15) is 0 Å². The van der Waals surface area contributed by atoms with Crippen LogP contribution < -0.4 is 4.90 Å². The van der Waals surface area contributed by atoms with E-state index in [-0.39, 0.29) is 11.7 Å². The molecule has 1 heterocycles. The monoisotopic (exact) mass is 400 g/mol. The third kappa shape index (κ3) is 3.96. The molecule has 3 aromatic carbocycles. The van der Waals surface area contributed by atoms with Gasteiger partial charge >= 0.3 is 0 Å². The Bertz CT molecular complexity index is 1100. The average Bonchev–Trinajstić information content (AvgIpc) is 3.02. The van der Waals surface area contributed by atoms with Gasteiger partial charge in [0, 0.05) is 0 Å². The molecule has 4 rings (SSSR count). The van der Waals surface area contributed by atoms with Crippen molar-refractivity contribution < 1.29 is 9.90 Å². The summed E-state index contributed by atoms with van der Waals surface area (Å²) in [5.41, 5.74) is 4.01. The van der Waals surface area contributed by atoms with Crippen LogP contribution in [0.1, 0.15) is 16.7 Å². The molecule has 0 bridgehead atoms. The van der Waals surface area contributed by atoms with Gasteiger partial charge in [-0.15, -0.1) is 0 Å². The number of carbonyl (C=O) groups is 1. The quantitative estimate of drug-likeness (QED) is 0.564. The van der Waals surface area contributed by atoms with Crippen LogP contribution in [0.25, 0.3) is 6.08 Å². The number of carbonyl (C=O) groups excluding carboxylic acids is 1. The van der Waals surface area contributed by atoms with E-state index >= 15 is 0 Å². The molecule has 0 aromatic heterocycles. The minimum atomic E-state index is -0.112. The standard InChI is InChI=1S/C24H20N2O2S/c1-16-13-18(14-17(2)22(16)27)15-21-23(28)26(20-11-7-4-8-12-20)24(29-21)25-19-9-5-3-6-10-19/h3-15,27H,1-2H3/b21-15-,25-24?. The largest absolute Gasteiger partial charge is 0.507 e. The number of phenolic OH excluding ortho intramolecular Hbond substituents is 1. The summed E-state index contributed by atoms with van der Waals surface area (Å²) < 4.78 is 0. The molecule has 0 saturated carbocycles. The average molecular weight is 401 g/mol. The number of nitrogens with zero attached hydrogens (tertiary/aromatic N) is 2. The predicted octanol–water partition coefficient (Wildman–Crippen LogP) is 5.82. The Hall–Kier alpha value is -3.31. The van der Waals surface area contributed by atoms with Crippen LogP contribution in [-0.4, -0.2) is 16.2 Å². The zero-order valence-corrected chi connectivity index (χ0v) is 17.0. The fourth-order valence-corrected chi connectivity index (χ4v) is 4.19. The second-order valence-corrected chi connectivity index (χ2v) is 7.83. The van der Waals surface area contributed by atoms with Crippen molar-refractivity contribution in [3.05, 3.63) is 94.4 Å². The Morgan fingerprint density at radius 2 is 1.52 bits per heavy atom. The number of aliphatic imine (C=N–C) groups is 1. The van der Waals surface area contributed by atoms with Gasteiger partial charge in [-0.25, -0.2) is 4.99 Å². The van der Waals surface area contributed by atoms with Crippen LogP contribution >= 0.6 is 11.8 Å². The molecule has 1 amide bonds. The third-order valence-electron chi connectivity index (χ3n) is 4.61. The van der Waals surface area contributed by atoms with Gasteiger partial charge in [0.1, 0.15) is 5.75 Å². The smallest absolute Gasteiger partial charge is 0.271 e. The van der Waals surface area contributed by atoms with E-state index in [9.17, 15) is 9.90 Å². The lowest BCUT2D eigenvalue weighted by Crippen LogP contribution is -2.28. The number of hydrogen-bond donors (Lipinski definition) is 1. The lowest BCUT2D eigenvalue weighted by atomic mass is 10.1. The highest BCUT2D eigenvalue weighted by molar-refractivity contribution is 8.19. The van der Waals surface area contributed by atoms with Crippen LogP contribution in [0.2, 0.25) is 0 Å². The Morgan fingerprint density at radius 3 is 2.14 bits per heavy atom. The van der Waals surface area contributed by atoms with Gasteiger partial charge in [0.05, 0.1) is 16.3 Å². The number of amidine groups is 1. The van der Waals surface area contributed by atoms with Crippen LogP contribution in [-0.2, 0) is 4.79 Å². The number of anilines is 1. The first-order valence-corrected chi connectivity index (χ1v) is 10.1. The van der Waals surface area contributed by atoms with E-state index in [1.807, 2.05) is 92.7 Å². The van der Waals surface area contributed by atoms with Crippen molar-refractivity contribution in [3.8, 4) is 5.75 Å². The second kappa shape index (κ2) is 7.97. The first-order chi connectivity index (χ1) is 14.0. The van der Waals surface area contributed by atoms with Crippen molar-refractivity contribution in [2.45, 2.75) is 13.8 Å². The second-order valence-electron chi connectivity index (χ2n) is 6.82. The molecule has 0 atom stereocenters. The number of amides is 1. The third-order valence-corrected chi connectivity index (χ3v) is 5.58. The molecule has 1 aliphatic heterocycles. The van der Waals surface area contributed by atoms with Crippen LogP contribution in [0, 0.1) is 13.8 Å². The van der Waals surface area contributed by atoms with Gasteiger partial charge < -0.3 is 5.11 Å². The summed E-state index contributed by atoms with van der Waals surface area (Å²) in [5.74, 6) is 0.175. The van der Waals surface area contributed by atoms with Crippen molar-refractivity contribution in [2.75, 3.05) is 4.90 Å². The number of para-hydroxylation sites is 2. The van der Waals surface area contributed by atoms with Gasteiger partial charge in [0.25, 0.3) is 5.91 Å². The molecule has 1 aliphatic rings. The molecule has 0 aliphatic carbocycles. The van der Waals surface area contributed by atoms with E-state index in [1.54, 1.807) is 4.90 Å². The SMILES string of the molecule is Cc1cc(/C=C2\SC(=Nc3ccccc3)N(c3ccccc3)C2=O)cc(C)c1O. The van der Waals surface area contributed by atoms with Crippen LogP contribution in [0.5, 0.6) is 5.75 Å². The molecular weight excluding hydrogens is 380 g/mol. The van der Waals surface area contributed by atoms with Gasteiger partial charge in [0.2, 0.25) is 0 Å². The summed E-state index contributed by atoms with van der Waals surface area (Å²) in [7, 11) is 0. The Kier molecular flexibility index (Phi) is 5.23. The van der Waals surface area contributed by atoms with E-state index in [1.165, 1.54) is 11.8 Å². The van der Waals surface area contributed by atoms with Crippen LogP contribution in [0.15, 0.2) is 82.7 Å². The maximum atomic E-state index is 13.3. The molecule has 1 saturated heterocycles. The van der Waals surface area contributed by atoms with Gasteiger partial charge in [-0.3, -0.25) is 9.69 Å². The fraction of sp³-hybridized carbons (Fsp3) is 0.0833. The highest BCUT2D eigenvalue weighted by Crippen LogP contribution is 2.37. The van der Waals surface area contributed by atoms with E-state index in [0.717, 1.165) is 28.1 Å². The Balaban J connectivity index is 1.78. The molecule has 1 N–H and O–H groups in total. The number of aryl methyl sites for hydroxylation is 2. The number of hydrogen-bond acceptors (Lipinski definition) is 4. The van der Waals surface area contributed by atoms with Gasteiger partial charge in [0.15, 0.2) is 5.17 Å². The summed E-state index contributed by atoms with van der Waals surface area (Å²) in [6.07, 6.45) is 1.86. The van der Waals surface area contributed by atoms with Gasteiger partial charge in [-0.05, 0) is 84.8 Å².